The van der Waals surface area contributed by atoms with Gasteiger partial charge in [0, 0.05) is 65.0 Å². The molecule has 0 unspecified atom stereocenters. The fourth-order valence-corrected chi connectivity index (χ4v) is 10.7. The van der Waals surface area contributed by atoms with Gasteiger partial charge in [0.25, 0.3) is 0 Å². The van der Waals surface area contributed by atoms with E-state index >= 15 is 0 Å². The molecule has 0 aromatic rings. The molecule has 1 spiro atoms. The van der Waals surface area contributed by atoms with Gasteiger partial charge in [-0.15, -0.1) is 0 Å². The second kappa shape index (κ2) is 17.2. The van der Waals surface area contributed by atoms with Gasteiger partial charge >= 0.3 is 0 Å². The van der Waals surface area contributed by atoms with Gasteiger partial charge in [-0.05, 0) is 59.0 Å². The first-order valence-corrected chi connectivity index (χ1v) is 20.2. The van der Waals surface area contributed by atoms with Crippen LogP contribution < -0.4 is 5.11 Å². The molecule has 0 amide bonds. The molecular weight excluding hydrogens is 732 g/mol. The normalized spacial score (nSPS) is 47.6. The number of aliphatic hydroxyl groups is 3. The Kier molecular flexibility index (Phi) is 13.9. The van der Waals surface area contributed by atoms with Crippen molar-refractivity contribution in [1.29, 1.82) is 0 Å². The van der Waals surface area contributed by atoms with Crippen molar-refractivity contribution in [3.8, 4) is 0 Å². The monoisotopic (exact) mass is 799 g/mol. The van der Waals surface area contributed by atoms with Crippen LogP contribution in [0.25, 0.3) is 0 Å². The topological polar surface area (TPSA) is 201 Å². The Morgan fingerprint density at radius 3 is 2.07 bits per heavy atom. The molecule has 5 aliphatic rings. The Hall–Kier alpha value is -1.60. The van der Waals surface area contributed by atoms with Crippen molar-refractivity contribution in [3.05, 3.63) is 11.6 Å². The SMILES string of the molecule is CO[C@@H]1[C@@H](C)[C@@]2(O[C@H](C[C@@H]3O[C@](O)([C@@H](O)C(=O)[O-])[C@@H](C)[C@H](OC)[C@@]3(C)OC)C[C@@H](OC)[C@H]2C)O[C@]1(C)[C@H]1CC[C@@H]([C@H]2CC[C@H]([C@@H](O)[C@@H](C)/C=C(\C)C(C)=O)O2)O1. The van der Waals surface area contributed by atoms with Gasteiger partial charge in [-0.1, -0.05) is 33.8 Å². The van der Waals surface area contributed by atoms with Crippen LogP contribution in [0.3, 0.4) is 0 Å². The van der Waals surface area contributed by atoms with Crippen molar-refractivity contribution in [2.75, 3.05) is 28.4 Å². The minimum atomic E-state index is -2.55. The Morgan fingerprint density at radius 2 is 1.50 bits per heavy atom. The molecule has 15 nitrogen and oxygen atoms in total. The third-order valence-corrected chi connectivity index (χ3v) is 14.2. The number of carboxylic acids is 1. The molecular formula is C41H67O15-. The van der Waals surface area contributed by atoms with Crippen molar-refractivity contribution in [2.24, 2.45) is 23.7 Å². The van der Waals surface area contributed by atoms with Crippen LogP contribution in [0.4, 0.5) is 0 Å². The van der Waals surface area contributed by atoms with Crippen LogP contribution in [-0.4, -0.2) is 145 Å². The lowest BCUT2D eigenvalue weighted by atomic mass is 9.73. The number of hydrogen-bond acceptors (Lipinski definition) is 15. The van der Waals surface area contributed by atoms with Crippen LogP contribution in [0.1, 0.15) is 93.9 Å². The third-order valence-electron chi connectivity index (χ3n) is 14.2. The molecule has 0 aromatic heterocycles. The summed E-state index contributed by atoms with van der Waals surface area (Å²) in [6.45, 7) is 14.5. The van der Waals surface area contributed by atoms with Gasteiger partial charge < -0.3 is 67.9 Å². The van der Waals surface area contributed by atoms with E-state index in [0.717, 1.165) is 12.8 Å². The summed E-state index contributed by atoms with van der Waals surface area (Å²) >= 11 is 0. The molecule has 322 valence electrons. The molecule has 0 radical (unpaired) electrons. The summed E-state index contributed by atoms with van der Waals surface area (Å²) in [5.74, 6) is -7.57. The molecule has 5 saturated heterocycles. The molecule has 0 aliphatic carbocycles. The maximum atomic E-state index is 11.9. The summed E-state index contributed by atoms with van der Waals surface area (Å²) < 4.78 is 57.7. The van der Waals surface area contributed by atoms with Crippen molar-refractivity contribution < 1.29 is 72.6 Å². The number of ether oxygens (including phenoxy) is 9. The van der Waals surface area contributed by atoms with E-state index in [9.17, 15) is 30.0 Å². The first-order chi connectivity index (χ1) is 26.2. The predicted molar refractivity (Wildman–Crippen MR) is 198 cm³/mol. The number of Topliss-reactive ketones (excluding diaryl/α,β-unsaturated/α-hetero) is 1. The fourth-order valence-electron chi connectivity index (χ4n) is 10.7. The smallest absolute Gasteiger partial charge is 0.203 e. The van der Waals surface area contributed by atoms with Crippen molar-refractivity contribution in [1.82, 2.24) is 0 Å². The minimum Gasteiger partial charge on any atom is -0.547 e. The lowest BCUT2D eigenvalue weighted by molar-refractivity contribution is -0.401. The highest BCUT2D eigenvalue weighted by atomic mass is 16.7. The van der Waals surface area contributed by atoms with Crippen molar-refractivity contribution >= 4 is 11.8 Å². The van der Waals surface area contributed by atoms with Crippen LogP contribution in [0.2, 0.25) is 0 Å². The second-order valence-corrected chi connectivity index (χ2v) is 17.4. The van der Waals surface area contributed by atoms with E-state index in [-0.39, 0.29) is 60.5 Å². The van der Waals surface area contributed by atoms with Gasteiger partial charge in [0.05, 0.1) is 67.0 Å². The summed E-state index contributed by atoms with van der Waals surface area (Å²) in [6, 6.07) is 0. The number of methoxy groups -OCH3 is 4. The van der Waals surface area contributed by atoms with Crippen LogP contribution >= 0.6 is 0 Å². The molecule has 5 heterocycles. The number of ketones is 1. The zero-order valence-electron chi connectivity index (χ0n) is 35.2. The molecule has 5 rings (SSSR count). The fraction of sp³-hybridized carbons (Fsp3) is 0.902. The number of aliphatic hydroxyl groups excluding tert-OH is 2. The first kappa shape index (κ1) is 45.5. The van der Waals surface area contributed by atoms with Gasteiger partial charge in [0.2, 0.25) is 5.79 Å². The molecule has 5 aliphatic heterocycles. The summed E-state index contributed by atoms with van der Waals surface area (Å²) in [5.41, 5.74) is -1.55. The van der Waals surface area contributed by atoms with Gasteiger partial charge in [-0.25, -0.2) is 0 Å². The minimum absolute atomic E-state index is 0.0272. The number of rotatable bonds is 14. The van der Waals surface area contributed by atoms with Gasteiger partial charge in [0.15, 0.2) is 11.6 Å². The lowest BCUT2D eigenvalue weighted by Gasteiger charge is -2.57. The molecule has 56 heavy (non-hydrogen) atoms. The standard InChI is InChI=1S/C41H68O15/c1-20(25(6)42)17-21(2)33(43)29-14-13-27(52-29)28-15-16-31(53-28)39(8)36(50-11)24(5)41(56-39)22(3)30(48-9)18-26(54-41)19-32-38(7,51-12)35(49-10)23(4)40(47,55-32)34(44)37(45)46/h17,21-24,26-36,43-44,47H,13-16,18-19H2,1-12H3,(H,45,46)/p-1/b20-17+/t21-,22+,23-,24+,26-,27+,28-,29+,30+,31+,32-,33-,34-,35-,36+,38-,39+,40-,41-/m0/s1. The maximum absolute atomic E-state index is 11.9. The predicted octanol–water partition coefficient (Wildman–Crippen LogP) is 1.83. The van der Waals surface area contributed by atoms with E-state index < -0.39 is 71.3 Å². The maximum Gasteiger partial charge on any atom is 0.203 e. The van der Waals surface area contributed by atoms with E-state index in [1.54, 1.807) is 34.1 Å². The largest absolute Gasteiger partial charge is 0.547 e. The molecule has 0 saturated carbocycles. The molecule has 19 atom stereocenters. The number of hydrogen-bond donors (Lipinski definition) is 3. The summed E-state index contributed by atoms with van der Waals surface area (Å²) in [7, 11) is 6.20. The average Bonchev–Trinajstić information content (AvgIpc) is 3.90. The Morgan fingerprint density at radius 1 is 0.875 bits per heavy atom. The van der Waals surface area contributed by atoms with Gasteiger partial charge in [0.1, 0.15) is 17.3 Å². The summed E-state index contributed by atoms with van der Waals surface area (Å²) in [6.07, 6.45) is -2.55. The quantitative estimate of drug-likeness (QED) is 0.215. The van der Waals surface area contributed by atoms with E-state index in [1.165, 1.54) is 28.1 Å². The highest BCUT2D eigenvalue weighted by Crippen LogP contribution is 2.57. The number of aliphatic carboxylic acids is 1. The van der Waals surface area contributed by atoms with Crippen LogP contribution in [0.15, 0.2) is 11.6 Å². The summed E-state index contributed by atoms with van der Waals surface area (Å²) in [5, 5.41) is 45.2. The molecule has 3 N–H and O–H groups in total. The highest BCUT2D eigenvalue weighted by Gasteiger charge is 2.69. The first-order valence-electron chi connectivity index (χ1n) is 20.2. The van der Waals surface area contributed by atoms with Crippen LogP contribution in [0, 0.1) is 23.7 Å². The summed E-state index contributed by atoms with van der Waals surface area (Å²) in [4.78, 5) is 23.6. The Balaban J connectivity index is 1.36. The third kappa shape index (κ3) is 7.78. The number of allylic oxidation sites excluding steroid dienone is 1. The lowest BCUT2D eigenvalue weighted by Crippen LogP contribution is -2.72. The van der Waals surface area contributed by atoms with Crippen molar-refractivity contribution in [3.63, 3.8) is 0 Å². The number of carbonyl (C=O) groups is 2. The zero-order chi connectivity index (χ0) is 41.7. The molecule has 0 bridgehead atoms. The highest BCUT2D eigenvalue weighted by molar-refractivity contribution is 5.92. The second-order valence-electron chi connectivity index (χ2n) is 17.4. The van der Waals surface area contributed by atoms with E-state index in [4.69, 9.17) is 42.6 Å². The van der Waals surface area contributed by atoms with Crippen LogP contribution in [-0.2, 0) is 52.2 Å². The van der Waals surface area contributed by atoms with E-state index in [1.807, 2.05) is 27.7 Å². The Bertz CT molecular complexity index is 1430. The molecule has 0 aromatic carbocycles. The van der Waals surface area contributed by atoms with Crippen molar-refractivity contribution in [2.45, 2.75) is 184 Å². The Labute approximate surface area is 331 Å². The zero-order valence-corrected chi connectivity index (χ0v) is 35.2. The molecule has 15 heteroatoms. The number of carbonyl (C=O) groups excluding carboxylic acids is 2. The van der Waals surface area contributed by atoms with Gasteiger partial charge in [-0.3, -0.25) is 4.79 Å². The number of carboxylic acid groups (broad SMARTS) is 1. The van der Waals surface area contributed by atoms with Gasteiger partial charge in [-0.2, -0.15) is 0 Å². The van der Waals surface area contributed by atoms with Crippen LogP contribution in [0.5, 0.6) is 0 Å². The van der Waals surface area contributed by atoms with E-state index in [0.29, 0.717) is 24.8 Å². The average molecular weight is 800 g/mol. The molecule has 5 fully saturated rings. The van der Waals surface area contributed by atoms with E-state index in [2.05, 4.69) is 0 Å².